The lowest BCUT2D eigenvalue weighted by atomic mass is 10.1. The van der Waals surface area contributed by atoms with E-state index in [1.807, 2.05) is 24.3 Å². The molecule has 0 atom stereocenters. The Balaban J connectivity index is 0.00000529. The largest absolute Gasteiger partial charge is 0.356 e. The van der Waals surface area contributed by atoms with Crippen molar-refractivity contribution in [3.63, 3.8) is 0 Å². The van der Waals surface area contributed by atoms with Gasteiger partial charge in [-0.1, -0.05) is 23.7 Å². The average Bonchev–Trinajstić information content (AvgIpc) is 2.44. The molecule has 0 amide bonds. The third-order valence-electron chi connectivity index (χ3n) is 3.42. The fourth-order valence-corrected chi connectivity index (χ4v) is 3.04. The van der Waals surface area contributed by atoms with E-state index in [4.69, 9.17) is 11.6 Å². The van der Waals surface area contributed by atoms with Crippen molar-refractivity contribution in [1.29, 1.82) is 0 Å². The minimum atomic E-state index is -3.13. The molecule has 1 aromatic carbocycles. The number of hydrogen-bond donors (Lipinski definition) is 2. The molecule has 138 valence electrons. The molecule has 0 aliphatic carbocycles. The summed E-state index contributed by atoms with van der Waals surface area (Å²) in [7, 11) is -1.47. The maximum Gasteiger partial charge on any atom is 0.191 e. The van der Waals surface area contributed by atoms with E-state index in [9.17, 15) is 8.42 Å². The molecule has 8 heteroatoms. The van der Waals surface area contributed by atoms with E-state index in [0.717, 1.165) is 17.0 Å². The fraction of sp³-hybridized carbons (Fsp3) is 0.562. The zero-order valence-corrected chi connectivity index (χ0v) is 18.5. The van der Waals surface area contributed by atoms with E-state index in [0.29, 0.717) is 19.0 Å². The van der Waals surface area contributed by atoms with Gasteiger partial charge in [-0.2, -0.15) is 0 Å². The molecule has 0 aromatic heterocycles. The Hall–Kier alpha value is -0.540. The second-order valence-corrected chi connectivity index (χ2v) is 9.54. The van der Waals surface area contributed by atoms with Crippen LogP contribution in [0.2, 0.25) is 5.02 Å². The minimum absolute atomic E-state index is 0. The molecular formula is C16H27ClIN3O2S. The molecule has 0 radical (unpaired) electrons. The summed E-state index contributed by atoms with van der Waals surface area (Å²) in [5, 5.41) is 6.91. The van der Waals surface area contributed by atoms with Crippen LogP contribution in [0.25, 0.3) is 0 Å². The van der Waals surface area contributed by atoms with E-state index < -0.39 is 14.6 Å². The normalized spacial score (nSPS) is 12.5. The van der Waals surface area contributed by atoms with Crippen LogP contribution in [-0.4, -0.2) is 45.0 Å². The standard InChI is InChI=1S/C16H26ClN3O2S.HI/c1-16(2,3)23(21,22)11-10-20-15(18-4)19-9-8-13-6-5-7-14(17)12-13;/h5-7,12H,8-11H2,1-4H3,(H2,18,19,20);1H. The van der Waals surface area contributed by atoms with Crippen LogP contribution < -0.4 is 10.6 Å². The second-order valence-electron chi connectivity index (χ2n) is 6.24. The highest BCUT2D eigenvalue weighted by Gasteiger charge is 2.28. The highest BCUT2D eigenvalue weighted by atomic mass is 127. The third-order valence-corrected chi connectivity index (χ3v) is 6.26. The lowest BCUT2D eigenvalue weighted by Gasteiger charge is -2.19. The van der Waals surface area contributed by atoms with Crippen molar-refractivity contribution in [2.24, 2.45) is 4.99 Å². The van der Waals surface area contributed by atoms with Crippen LogP contribution in [0.5, 0.6) is 0 Å². The number of aliphatic imine (C=N–C) groups is 1. The maximum absolute atomic E-state index is 12.0. The number of rotatable bonds is 6. The van der Waals surface area contributed by atoms with Crippen molar-refractivity contribution in [2.75, 3.05) is 25.9 Å². The average molecular weight is 488 g/mol. The molecule has 0 spiro atoms. The van der Waals surface area contributed by atoms with Gasteiger partial charge in [0.05, 0.1) is 10.5 Å². The molecular weight excluding hydrogens is 461 g/mol. The number of hydrogen-bond acceptors (Lipinski definition) is 3. The van der Waals surface area contributed by atoms with Crippen LogP contribution in [0.15, 0.2) is 29.3 Å². The van der Waals surface area contributed by atoms with Gasteiger partial charge in [-0.3, -0.25) is 4.99 Å². The zero-order valence-electron chi connectivity index (χ0n) is 14.6. The fourth-order valence-electron chi connectivity index (χ4n) is 1.85. The summed E-state index contributed by atoms with van der Waals surface area (Å²) >= 11 is 5.95. The van der Waals surface area contributed by atoms with Crippen LogP contribution >= 0.6 is 35.6 Å². The Morgan fingerprint density at radius 3 is 2.38 bits per heavy atom. The molecule has 0 bridgehead atoms. The van der Waals surface area contributed by atoms with Gasteiger partial charge in [-0.15, -0.1) is 24.0 Å². The smallest absolute Gasteiger partial charge is 0.191 e. The molecule has 2 N–H and O–H groups in total. The van der Waals surface area contributed by atoms with Crippen LogP contribution in [0, 0.1) is 0 Å². The first kappa shape index (κ1) is 23.5. The first-order chi connectivity index (χ1) is 10.7. The number of nitrogens with zero attached hydrogens (tertiary/aromatic N) is 1. The first-order valence-electron chi connectivity index (χ1n) is 7.57. The summed E-state index contributed by atoms with van der Waals surface area (Å²) < 4.78 is 23.3. The van der Waals surface area contributed by atoms with Crippen molar-refractivity contribution in [2.45, 2.75) is 31.9 Å². The summed E-state index contributed by atoms with van der Waals surface area (Å²) in [4.78, 5) is 4.09. The Kier molecular flexibility index (Phi) is 10.2. The highest BCUT2D eigenvalue weighted by Crippen LogP contribution is 2.15. The monoisotopic (exact) mass is 487 g/mol. The molecule has 24 heavy (non-hydrogen) atoms. The van der Waals surface area contributed by atoms with Crippen molar-refractivity contribution in [1.82, 2.24) is 10.6 Å². The molecule has 0 aliphatic rings. The Morgan fingerprint density at radius 1 is 1.21 bits per heavy atom. The maximum atomic E-state index is 12.0. The first-order valence-corrected chi connectivity index (χ1v) is 9.60. The number of guanidine groups is 1. The predicted octanol–water partition coefficient (Wildman–Crippen LogP) is 2.88. The van der Waals surface area contributed by atoms with Crippen LogP contribution in [0.1, 0.15) is 26.3 Å². The van der Waals surface area contributed by atoms with Gasteiger partial charge >= 0.3 is 0 Å². The van der Waals surface area contributed by atoms with E-state index >= 15 is 0 Å². The Morgan fingerprint density at radius 2 is 1.83 bits per heavy atom. The summed E-state index contributed by atoms with van der Waals surface area (Å²) in [6.07, 6.45) is 0.807. The van der Waals surface area contributed by atoms with Crippen molar-refractivity contribution < 1.29 is 8.42 Å². The van der Waals surface area contributed by atoms with E-state index in [1.54, 1.807) is 27.8 Å². The Labute approximate surface area is 167 Å². The third kappa shape index (κ3) is 8.02. The zero-order chi connectivity index (χ0) is 17.5. The summed E-state index contributed by atoms with van der Waals surface area (Å²) in [5.41, 5.74) is 1.13. The van der Waals surface area contributed by atoms with Gasteiger partial charge in [-0.25, -0.2) is 8.42 Å². The molecule has 0 heterocycles. The number of halogens is 2. The van der Waals surface area contributed by atoms with Crippen molar-refractivity contribution >= 4 is 51.4 Å². The minimum Gasteiger partial charge on any atom is -0.356 e. The SMILES string of the molecule is CN=C(NCCc1cccc(Cl)c1)NCCS(=O)(=O)C(C)(C)C.I. The molecule has 0 aliphatic heterocycles. The summed E-state index contributed by atoms with van der Waals surface area (Å²) in [6.45, 7) is 6.14. The molecule has 0 saturated heterocycles. The number of nitrogens with one attached hydrogen (secondary N) is 2. The van der Waals surface area contributed by atoms with Gasteiger partial charge in [-0.05, 0) is 44.9 Å². The summed E-state index contributed by atoms with van der Waals surface area (Å²) in [6, 6.07) is 7.70. The molecule has 1 aromatic rings. The molecule has 5 nitrogen and oxygen atoms in total. The predicted molar refractivity (Wildman–Crippen MR) is 113 cm³/mol. The van der Waals surface area contributed by atoms with Crippen molar-refractivity contribution in [3.05, 3.63) is 34.9 Å². The number of benzene rings is 1. The van der Waals surface area contributed by atoms with Crippen molar-refractivity contribution in [3.8, 4) is 0 Å². The lowest BCUT2D eigenvalue weighted by Crippen LogP contribution is -2.42. The molecule has 1 rings (SSSR count). The van der Waals surface area contributed by atoms with E-state index in [2.05, 4.69) is 15.6 Å². The van der Waals surface area contributed by atoms with Crippen LogP contribution in [0.3, 0.4) is 0 Å². The summed E-state index contributed by atoms with van der Waals surface area (Å²) in [5.74, 6) is 0.669. The lowest BCUT2D eigenvalue weighted by molar-refractivity contribution is 0.559. The van der Waals surface area contributed by atoms with Gasteiger partial charge in [0.15, 0.2) is 15.8 Å². The second kappa shape index (κ2) is 10.5. The molecule has 0 saturated carbocycles. The quantitative estimate of drug-likeness (QED) is 0.368. The van der Waals surface area contributed by atoms with Gasteiger partial charge < -0.3 is 10.6 Å². The van der Waals surface area contributed by atoms with Gasteiger partial charge in [0.25, 0.3) is 0 Å². The van der Waals surface area contributed by atoms with Crippen LogP contribution in [0.4, 0.5) is 0 Å². The van der Waals surface area contributed by atoms with Crippen LogP contribution in [-0.2, 0) is 16.3 Å². The van der Waals surface area contributed by atoms with Gasteiger partial charge in [0.2, 0.25) is 0 Å². The highest BCUT2D eigenvalue weighted by molar-refractivity contribution is 14.0. The molecule has 0 unspecified atom stereocenters. The van der Waals surface area contributed by atoms with E-state index in [1.165, 1.54) is 0 Å². The molecule has 0 fully saturated rings. The Bertz CT molecular complexity index is 643. The number of sulfone groups is 1. The van der Waals surface area contributed by atoms with Gasteiger partial charge in [0, 0.05) is 25.2 Å². The van der Waals surface area contributed by atoms with E-state index in [-0.39, 0.29) is 29.7 Å². The van der Waals surface area contributed by atoms with Gasteiger partial charge in [0.1, 0.15) is 0 Å². The topological polar surface area (TPSA) is 70.6 Å².